The second kappa shape index (κ2) is 7.13. The highest BCUT2D eigenvalue weighted by Gasteiger charge is 2.23. The van der Waals surface area contributed by atoms with E-state index in [2.05, 4.69) is 10.8 Å². The molecule has 24 heavy (non-hydrogen) atoms. The Balaban J connectivity index is 2.39. The van der Waals surface area contributed by atoms with Crippen molar-refractivity contribution in [3.63, 3.8) is 0 Å². The van der Waals surface area contributed by atoms with E-state index in [9.17, 15) is 8.42 Å². The predicted molar refractivity (Wildman–Crippen MR) is 97.4 cm³/mol. The minimum Gasteiger partial charge on any atom is -0.495 e. The van der Waals surface area contributed by atoms with Crippen LogP contribution in [-0.2, 0) is 10.0 Å². The second-order valence-corrected chi connectivity index (χ2v) is 8.05. The molecule has 1 atom stereocenters. The van der Waals surface area contributed by atoms with Crippen molar-refractivity contribution in [3.8, 4) is 5.75 Å². The molecule has 2 aromatic rings. The number of rotatable bonds is 5. The molecule has 0 radical (unpaired) electrons. The highest BCUT2D eigenvalue weighted by atomic mass is 35.5. The number of sulfonamides is 1. The third kappa shape index (κ3) is 3.91. The SMILES string of the molecule is COc1ccc(Cl)cc1S(=O)(=O)N[C@@H](C)c1cc(C)c(C)cc1C. The maximum Gasteiger partial charge on any atom is 0.244 e. The van der Waals surface area contributed by atoms with E-state index in [1.54, 1.807) is 12.1 Å². The highest BCUT2D eigenvalue weighted by molar-refractivity contribution is 7.89. The van der Waals surface area contributed by atoms with Crippen molar-refractivity contribution in [3.05, 3.63) is 57.6 Å². The van der Waals surface area contributed by atoms with Gasteiger partial charge < -0.3 is 4.74 Å². The molecular formula is C18H22ClNO3S. The monoisotopic (exact) mass is 367 g/mol. The van der Waals surface area contributed by atoms with Gasteiger partial charge in [-0.3, -0.25) is 0 Å². The standard InChI is InChI=1S/C18H22ClNO3S/c1-11-8-13(3)16(9-12(11)2)14(4)20-24(21,22)18-10-15(19)6-7-17(18)23-5/h6-10,14,20H,1-5H3/t14-/m0/s1. The molecule has 0 spiro atoms. The Hall–Kier alpha value is -1.56. The Labute approximate surface area is 148 Å². The van der Waals surface area contributed by atoms with Gasteiger partial charge in [-0.2, -0.15) is 0 Å². The van der Waals surface area contributed by atoms with Gasteiger partial charge >= 0.3 is 0 Å². The zero-order valence-corrected chi connectivity index (χ0v) is 16.0. The minimum absolute atomic E-state index is 0.0332. The van der Waals surface area contributed by atoms with E-state index in [-0.39, 0.29) is 16.7 Å². The summed E-state index contributed by atoms with van der Waals surface area (Å²) in [6, 6.07) is 8.24. The van der Waals surface area contributed by atoms with E-state index in [0.717, 1.165) is 16.7 Å². The third-order valence-electron chi connectivity index (χ3n) is 4.10. The minimum atomic E-state index is -3.77. The van der Waals surface area contributed by atoms with Gasteiger partial charge in [-0.15, -0.1) is 0 Å². The molecule has 0 aromatic heterocycles. The van der Waals surface area contributed by atoms with Crippen LogP contribution in [-0.4, -0.2) is 15.5 Å². The number of halogens is 1. The number of methoxy groups -OCH3 is 1. The Morgan fingerprint density at radius 3 is 2.29 bits per heavy atom. The number of ether oxygens (including phenoxy) is 1. The smallest absolute Gasteiger partial charge is 0.244 e. The van der Waals surface area contributed by atoms with Crippen LogP contribution >= 0.6 is 11.6 Å². The van der Waals surface area contributed by atoms with Gasteiger partial charge in [0.05, 0.1) is 7.11 Å². The average molecular weight is 368 g/mol. The first-order valence-corrected chi connectivity index (χ1v) is 9.45. The summed E-state index contributed by atoms with van der Waals surface area (Å²) in [5, 5.41) is 0.339. The predicted octanol–water partition coefficient (Wildman–Crippen LogP) is 4.31. The van der Waals surface area contributed by atoms with Crippen LogP contribution in [0.5, 0.6) is 5.75 Å². The molecule has 0 aliphatic heterocycles. The summed E-state index contributed by atoms with van der Waals surface area (Å²) in [7, 11) is -2.34. The zero-order valence-electron chi connectivity index (χ0n) is 14.5. The lowest BCUT2D eigenvalue weighted by Crippen LogP contribution is -2.27. The Morgan fingerprint density at radius 1 is 1.04 bits per heavy atom. The van der Waals surface area contributed by atoms with E-state index in [1.165, 1.54) is 18.7 Å². The molecule has 0 heterocycles. The van der Waals surface area contributed by atoms with Gasteiger partial charge in [-0.25, -0.2) is 13.1 Å². The number of benzene rings is 2. The van der Waals surface area contributed by atoms with E-state index in [4.69, 9.17) is 16.3 Å². The average Bonchev–Trinajstić information content (AvgIpc) is 2.50. The van der Waals surface area contributed by atoms with Gasteiger partial charge in [0.1, 0.15) is 10.6 Å². The molecule has 0 bridgehead atoms. The first-order chi connectivity index (χ1) is 11.2. The Kier molecular flexibility index (Phi) is 5.58. The van der Waals surface area contributed by atoms with Crippen LogP contribution in [0.2, 0.25) is 5.02 Å². The molecular weight excluding hydrogens is 346 g/mol. The lowest BCUT2D eigenvalue weighted by Gasteiger charge is -2.19. The number of hydrogen-bond acceptors (Lipinski definition) is 3. The lowest BCUT2D eigenvalue weighted by atomic mass is 9.97. The van der Waals surface area contributed by atoms with E-state index < -0.39 is 10.0 Å². The largest absolute Gasteiger partial charge is 0.495 e. The molecule has 130 valence electrons. The molecule has 4 nitrogen and oxygen atoms in total. The summed E-state index contributed by atoms with van der Waals surface area (Å²) >= 11 is 5.95. The fourth-order valence-electron chi connectivity index (χ4n) is 2.67. The third-order valence-corrected chi connectivity index (χ3v) is 5.89. The maximum absolute atomic E-state index is 12.8. The molecule has 0 aliphatic carbocycles. The van der Waals surface area contributed by atoms with Crippen LogP contribution in [0.15, 0.2) is 35.2 Å². The fraction of sp³-hybridized carbons (Fsp3) is 0.333. The van der Waals surface area contributed by atoms with Crippen molar-refractivity contribution in [2.75, 3.05) is 7.11 Å². The lowest BCUT2D eigenvalue weighted by molar-refractivity contribution is 0.402. The van der Waals surface area contributed by atoms with Gasteiger partial charge in [0, 0.05) is 11.1 Å². The molecule has 0 amide bonds. The topological polar surface area (TPSA) is 55.4 Å². The van der Waals surface area contributed by atoms with Gasteiger partial charge in [0.15, 0.2) is 0 Å². The summed E-state index contributed by atoms with van der Waals surface area (Å²) in [5.41, 5.74) is 4.30. The first kappa shape index (κ1) is 18.8. The van der Waals surface area contributed by atoms with Crippen molar-refractivity contribution < 1.29 is 13.2 Å². The molecule has 6 heteroatoms. The van der Waals surface area contributed by atoms with Crippen molar-refractivity contribution >= 4 is 21.6 Å². The Morgan fingerprint density at radius 2 is 1.67 bits per heavy atom. The first-order valence-electron chi connectivity index (χ1n) is 7.59. The molecule has 0 unspecified atom stereocenters. The van der Waals surface area contributed by atoms with Crippen LogP contribution in [0.1, 0.15) is 35.2 Å². The normalized spacial score (nSPS) is 12.9. The molecule has 2 aromatic carbocycles. The van der Waals surface area contributed by atoms with Crippen LogP contribution in [0.25, 0.3) is 0 Å². The number of aryl methyl sites for hydroxylation is 3. The quantitative estimate of drug-likeness (QED) is 0.856. The van der Waals surface area contributed by atoms with Crippen molar-refractivity contribution in [2.24, 2.45) is 0 Å². The van der Waals surface area contributed by atoms with Crippen LogP contribution in [0, 0.1) is 20.8 Å². The summed E-state index contributed by atoms with van der Waals surface area (Å²) in [5.74, 6) is 0.260. The number of nitrogens with one attached hydrogen (secondary N) is 1. The molecule has 0 aliphatic rings. The van der Waals surface area contributed by atoms with E-state index >= 15 is 0 Å². The summed E-state index contributed by atoms with van der Waals surface area (Å²) in [4.78, 5) is 0.0332. The van der Waals surface area contributed by atoms with Crippen LogP contribution in [0.4, 0.5) is 0 Å². The highest BCUT2D eigenvalue weighted by Crippen LogP contribution is 2.29. The van der Waals surface area contributed by atoms with Gasteiger partial charge in [0.2, 0.25) is 10.0 Å². The maximum atomic E-state index is 12.8. The van der Waals surface area contributed by atoms with Crippen LogP contribution in [0.3, 0.4) is 0 Å². The number of hydrogen-bond donors (Lipinski definition) is 1. The van der Waals surface area contributed by atoms with E-state index in [1.807, 2.05) is 33.8 Å². The molecule has 2 rings (SSSR count). The molecule has 0 saturated carbocycles. The zero-order chi connectivity index (χ0) is 18.1. The van der Waals surface area contributed by atoms with Crippen molar-refractivity contribution in [2.45, 2.75) is 38.6 Å². The molecule has 0 saturated heterocycles. The fourth-order valence-corrected chi connectivity index (χ4v) is 4.32. The summed E-state index contributed by atoms with van der Waals surface area (Å²) in [6.07, 6.45) is 0. The summed E-state index contributed by atoms with van der Waals surface area (Å²) < 4.78 is 33.4. The Bertz CT molecular complexity index is 863. The second-order valence-electron chi connectivity index (χ2n) is 5.93. The van der Waals surface area contributed by atoms with Gasteiger partial charge in [-0.05, 0) is 68.1 Å². The summed E-state index contributed by atoms with van der Waals surface area (Å²) in [6.45, 7) is 7.86. The van der Waals surface area contributed by atoms with Crippen molar-refractivity contribution in [1.82, 2.24) is 4.72 Å². The van der Waals surface area contributed by atoms with Gasteiger partial charge in [0.25, 0.3) is 0 Å². The molecule has 1 N–H and O–H groups in total. The molecule has 0 fully saturated rings. The van der Waals surface area contributed by atoms with Gasteiger partial charge in [-0.1, -0.05) is 23.7 Å². The van der Waals surface area contributed by atoms with Crippen molar-refractivity contribution in [1.29, 1.82) is 0 Å². The van der Waals surface area contributed by atoms with E-state index in [0.29, 0.717) is 5.02 Å². The van der Waals surface area contributed by atoms with Crippen LogP contribution < -0.4 is 9.46 Å².